The zero-order chi connectivity index (χ0) is 22.8. The SMILES string of the molecule is CCN(CC)[C@H]1CCN(S(=O)(=O)c2cccc([N+](=O)[O-])c2Oc2cc(Cl)cc(Cl)c2)C1. The van der Waals surface area contributed by atoms with Crippen LogP contribution in [0.2, 0.25) is 10.0 Å². The molecule has 1 aliphatic rings. The maximum atomic E-state index is 13.5. The van der Waals surface area contributed by atoms with E-state index in [9.17, 15) is 18.5 Å². The number of nitrogens with zero attached hydrogens (tertiary/aromatic N) is 3. The van der Waals surface area contributed by atoms with Gasteiger partial charge in [-0.3, -0.25) is 15.0 Å². The van der Waals surface area contributed by atoms with Crippen LogP contribution in [0.1, 0.15) is 20.3 Å². The van der Waals surface area contributed by atoms with Gasteiger partial charge in [0.25, 0.3) is 0 Å². The number of nitro benzene ring substituents is 1. The summed E-state index contributed by atoms with van der Waals surface area (Å²) in [4.78, 5) is 12.9. The number of benzene rings is 2. The molecule has 1 saturated heterocycles. The topological polar surface area (TPSA) is 93.0 Å². The highest BCUT2D eigenvalue weighted by Crippen LogP contribution is 2.40. The monoisotopic (exact) mass is 487 g/mol. The molecule has 11 heteroatoms. The maximum absolute atomic E-state index is 13.5. The molecule has 0 unspecified atom stereocenters. The Morgan fingerprint density at radius 3 is 2.42 bits per heavy atom. The third-order valence-electron chi connectivity index (χ3n) is 5.28. The zero-order valence-corrected chi connectivity index (χ0v) is 19.5. The summed E-state index contributed by atoms with van der Waals surface area (Å²) in [5.74, 6) is -0.261. The van der Waals surface area contributed by atoms with Gasteiger partial charge in [0.05, 0.1) is 4.92 Å². The average molecular weight is 488 g/mol. The lowest BCUT2D eigenvalue weighted by molar-refractivity contribution is -0.385. The molecule has 1 fully saturated rings. The molecule has 2 aromatic carbocycles. The minimum atomic E-state index is -4.04. The number of ether oxygens (including phenoxy) is 1. The first-order valence-electron chi connectivity index (χ1n) is 9.82. The first-order chi connectivity index (χ1) is 14.7. The van der Waals surface area contributed by atoms with E-state index in [2.05, 4.69) is 4.90 Å². The summed E-state index contributed by atoms with van der Waals surface area (Å²) in [5.41, 5.74) is -0.461. The van der Waals surface area contributed by atoms with Crippen LogP contribution in [-0.2, 0) is 10.0 Å². The lowest BCUT2D eigenvalue weighted by Crippen LogP contribution is -2.38. The van der Waals surface area contributed by atoms with Crippen LogP contribution in [0.4, 0.5) is 5.69 Å². The molecule has 2 aromatic rings. The van der Waals surface area contributed by atoms with E-state index in [1.807, 2.05) is 13.8 Å². The number of hydrogen-bond acceptors (Lipinski definition) is 6. The number of halogens is 2. The van der Waals surface area contributed by atoms with Gasteiger partial charge in [-0.2, -0.15) is 4.31 Å². The van der Waals surface area contributed by atoms with Gasteiger partial charge < -0.3 is 4.74 Å². The Hall–Kier alpha value is -1.91. The van der Waals surface area contributed by atoms with Crippen LogP contribution in [0, 0.1) is 10.1 Å². The van der Waals surface area contributed by atoms with Gasteiger partial charge in [0, 0.05) is 35.2 Å². The molecule has 3 rings (SSSR count). The summed E-state index contributed by atoms with van der Waals surface area (Å²) in [6.45, 7) is 6.34. The van der Waals surface area contributed by atoms with Gasteiger partial charge in [0.2, 0.25) is 15.8 Å². The molecular formula is C20H23Cl2N3O5S. The second-order valence-corrected chi connectivity index (χ2v) is 9.87. The van der Waals surface area contributed by atoms with Crippen LogP contribution in [0.25, 0.3) is 0 Å². The maximum Gasteiger partial charge on any atom is 0.313 e. The molecule has 1 aliphatic heterocycles. The van der Waals surface area contributed by atoms with Crippen molar-refractivity contribution in [2.24, 2.45) is 0 Å². The Kier molecular flexibility index (Phi) is 7.43. The molecule has 1 atom stereocenters. The van der Waals surface area contributed by atoms with E-state index in [1.54, 1.807) is 0 Å². The van der Waals surface area contributed by atoms with Crippen LogP contribution in [-0.4, -0.2) is 54.8 Å². The van der Waals surface area contributed by atoms with E-state index >= 15 is 0 Å². The first-order valence-corrected chi connectivity index (χ1v) is 12.0. The van der Waals surface area contributed by atoms with Crippen molar-refractivity contribution in [3.8, 4) is 11.5 Å². The van der Waals surface area contributed by atoms with Crippen LogP contribution in [0.3, 0.4) is 0 Å². The molecule has 31 heavy (non-hydrogen) atoms. The van der Waals surface area contributed by atoms with E-state index in [4.69, 9.17) is 27.9 Å². The summed E-state index contributed by atoms with van der Waals surface area (Å²) < 4.78 is 34.0. The Bertz CT molecular complexity index is 1060. The highest BCUT2D eigenvalue weighted by molar-refractivity contribution is 7.89. The van der Waals surface area contributed by atoms with E-state index in [-0.39, 0.29) is 32.5 Å². The van der Waals surface area contributed by atoms with Gasteiger partial charge in [0.1, 0.15) is 10.6 Å². The van der Waals surface area contributed by atoms with Crippen LogP contribution < -0.4 is 4.74 Å². The number of nitro groups is 1. The van der Waals surface area contributed by atoms with Gasteiger partial charge in [-0.1, -0.05) is 43.1 Å². The van der Waals surface area contributed by atoms with Crippen molar-refractivity contribution in [3.63, 3.8) is 0 Å². The summed E-state index contributed by atoms with van der Waals surface area (Å²) in [6.07, 6.45) is 0.690. The smallest absolute Gasteiger partial charge is 0.313 e. The molecule has 0 aromatic heterocycles. The predicted octanol–water partition coefficient (Wildman–Crippen LogP) is 4.80. The molecule has 0 spiro atoms. The number of hydrogen-bond donors (Lipinski definition) is 0. The van der Waals surface area contributed by atoms with Crippen molar-refractivity contribution in [3.05, 3.63) is 56.6 Å². The van der Waals surface area contributed by atoms with Crippen molar-refractivity contribution in [1.82, 2.24) is 9.21 Å². The summed E-state index contributed by atoms with van der Waals surface area (Å²) in [5, 5.41) is 12.1. The van der Waals surface area contributed by atoms with Gasteiger partial charge in [-0.05, 0) is 43.8 Å². The molecule has 0 radical (unpaired) electrons. The first kappa shape index (κ1) is 23.7. The summed E-state index contributed by atoms with van der Waals surface area (Å²) in [6, 6.07) is 8.24. The lowest BCUT2D eigenvalue weighted by Gasteiger charge is -2.26. The molecule has 0 bridgehead atoms. The van der Waals surface area contributed by atoms with Crippen LogP contribution in [0.5, 0.6) is 11.5 Å². The van der Waals surface area contributed by atoms with Crippen molar-refractivity contribution in [2.45, 2.75) is 31.2 Å². The zero-order valence-electron chi connectivity index (χ0n) is 17.1. The minimum absolute atomic E-state index is 0.0968. The lowest BCUT2D eigenvalue weighted by atomic mass is 10.2. The van der Waals surface area contributed by atoms with Gasteiger partial charge in [-0.25, -0.2) is 8.42 Å². The Labute approximate surface area is 191 Å². The Morgan fingerprint density at radius 2 is 1.84 bits per heavy atom. The predicted molar refractivity (Wildman–Crippen MR) is 120 cm³/mol. The van der Waals surface area contributed by atoms with Crippen LogP contribution in [0.15, 0.2) is 41.3 Å². The molecule has 0 N–H and O–H groups in total. The number of rotatable bonds is 8. The van der Waals surface area contributed by atoms with Crippen molar-refractivity contribution in [1.29, 1.82) is 0 Å². The third-order valence-corrected chi connectivity index (χ3v) is 7.61. The fourth-order valence-corrected chi connectivity index (χ4v) is 5.89. The quantitative estimate of drug-likeness (QED) is 0.392. The largest absolute Gasteiger partial charge is 0.449 e. The second-order valence-electron chi connectivity index (χ2n) is 7.10. The molecule has 0 saturated carbocycles. The van der Waals surface area contributed by atoms with Gasteiger partial charge in [0.15, 0.2) is 0 Å². The standard InChI is InChI=1S/C20H23Cl2N3O5S/c1-3-23(4-2)16-8-9-24(13-16)31(28,29)19-7-5-6-18(25(26)27)20(19)30-17-11-14(21)10-15(22)12-17/h5-7,10-12,16H,3-4,8-9,13H2,1-2H3/t16-/m0/s1. The van der Waals surface area contributed by atoms with E-state index < -0.39 is 20.6 Å². The van der Waals surface area contributed by atoms with Gasteiger partial charge in [-0.15, -0.1) is 0 Å². The summed E-state index contributed by atoms with van der Waals surface area (Å²) >= 11 is 12.0. The van der Waals surface area contributed by atoms with Crippen molar-refractivity contribution < 1.29 is 18.1 Å². The number of para-hydroxylation sites is 1. The van der Waals surface area contributed by atoms with Gasteiger partial charge >= 0.3 is 5.69 Å². The fourth-order valence-electron chi connectivity index (χ4n) is 3.77. The fraction of sp³-hybridized carbons (Fsp3) is 0.400. The molecule has 8 nitrogen and oxygen atoms in total. The van der Waals surface area contributed by atoms with Crippen molar-refractivity contribution in [2.75, 3.05) is 26.2 Å². The molecular weight excluding hydrogens is 465 g/mol. The van der Waals surface area contributed by atoms with E-state index in [1.165, 1.54) is 40.7 Å². The number of likely N-dealkylation sites (N-methyl/N-ethyl adjacent to an activating group) is 1. The second kappa shape index (κ2) is 9.70. The van der Waals surface area contributed by atoms with E-state index in [0.29, 0.717) is 19.5 Å². The van der Waals surface area contributed by atoms with E-state index in [0.717, 1.165) is 13.1 Å². The molecule has 168 valence electrons. The minimum Gasteiger partial charge on any atom is -0.449 e. The van der Waals surface area contributed by atoms with Crippen molar-refractivity contribution >= 4 is 38.9 Å². The molecule has 0 aliphatic carbocycles. The Morgan fingerprint density at radius 1 is 1.19 bits per heavy atom. The third kappa shape index (κ3) is 5.12. The molecule has 1 heterocycles. The summed E-state index contributed by atoms with van der Waals surface area (Å²) in [7, 11) is -4.04. The normalized spacial score (nSPS) is 17.3. The number of sulfonamides is 1. The molecule has 0 amide bonds. The van der Waals surface area contributed by atoms with Crippen LogP contribution >= 0.6 is 23.2 Å². The average Bonchev–Trinajstić information content (AvgIpc) is 3.19. The highest BCUT2D eigenvalue weighted by atomic mass is 35.5. The Balaban J connectivity index is 2.02. The highest BCUT2D eigenvalue weighted by Gasteiger charge is 2.38.